The molecule has 5 nitrogen and oxygen atoms in total. The Hall–Kier alpha value is -1.86. The van der Waals surface area contributed by atoms with Crippen molar-refractivity contribution >= 4 is 39.3 Å². The lowest BCUT2D eigenvalue weighted by molar-refractivity contribution is 0.102. The number of phenolic OH excluding ortho intramolecular Hbond substituents is 1. The van der Waals surface area contributed by atoms with Gasteiger partial charge in [0.15, 0.2) is 5.75 Å². The number of aryl methyl sites for hydroxylation is 1. The van der Waals surface area contributed by atoms with E-state index in [2.05, 4.69) is 21.2 Å². The number of hydrogen-bond acceptors (Lipinski definition) is 5. The minimum Gasteiger partial charge on any atom is -0.505 e. The lowest BCUT2D eigenvalue weighted by Gasteiger charge is -2.16. The summed E-state index contributed by atoms with van der Waals surface area (Å²) < 4.78 is 11.2. The van der Waals surface area contributed by atoms with Crippen molar-refractivity contribution in [1.29, 1.82) is 0 Å². The fraction of sp³-hybridized carbons (Fsp3) is 0.235. The zero-order valence-corrected chi connectivity index (χ0v) is 16.2. The number of carbonyl (C=O) groups is 1. The van der Waals surface area contributed by atoms with E-state index in [4.69, 9.17) is 9.47 Å². The van der Waals surface area contributed by atoms with Gasteiger partial charge >= 0.3 is 0 Å². The molecule has 0 atom stereocenters. The number of methoxy groups -OCH3 is 2. The molecule has 0 aromatic heterocycles. The second-order valence-corrected chi connectivity index (χ2v) is 6.68. The number of thioether (sulfide) groups is 1. The smallest absolute Gasteiger partial charge is 0.263 e. The molecule has 2 aromatic carbocycles. The van der Waals surface area contributed by atoms with Gasteiger partial charge in [0.25, 0.3) is 5.91 Å². The first-order valence-corrected chi connectivity index (χ1v) is 9.04. The van der Waals surface area contributed by atoms with Crippen LogP contribution < -0.4 is 14.8 Å². The van der Waals surface area contributed by atoms with Gasteiger partial charge in [-0.15, -0.1) is 11.8 Å². The highest BCUT2D eigenvalue weighted by Gasteiger charge is 2.22. The van der Waals surface area contributed by atoms with Crippen LogP contribution in [0, 0.1) is 6.92 Å². The van der Waals surface area contributed by atoms with Gasteiger partial charge in [-0.05, 0) is 58.9 Å². The number of phenols is 1. The monoisotopic (exact) mass is 411 g/mol. The van der Waals surface area contributed by atoms with Gasteiger partial charge in [0.05, 0.1) is 29.3 Å². The van der Waals surface area contributed by atoms with Crippen molar-refractivity contribution in [2.75, 3.05) is 25.8 Å². The molecular weight excluding hydrogens is 394 g/mol. The molecule has 128 valence electrons. The van der Waals surface area contributed by atoms with Crippen LogP contribution in [0.25, 0.3) is 0 Å². The molecule has 0 bridgehead atoms. The molecule has 0 unspecified atom stereocenters. The van der Waals surface area contributed by atoms with Crippen LogP contribution in [0.2, 0.25) is 0 Å². The van der Waals surface area contributed by atoms with Gasteiger partial charge in [0.1, 0.15) is 17.1 Å². The molecule has 0 saturated carbocycles. The Bertz CT molecular complexity index is 780. The van der Waals surface area contributed by atoms with E-state index in [9.17, 15) is 9.90 Å². The predicted molar refractivity (Wildman–Crippen MR) is 99.8 cm³/mol. The number of halogens is 1. The van der Waals surface area contributed by atoms with E-state index >= 15 is 0 Å². The normalized spacial score (nSPS) is 10.4. The second-order valence-electron chi connectivity index (χ2n) is 4.98. The minimum atomic E-state index is -0.424. The van der Waals surface area contributed by atoms with Gasteiger partial charge in [0.2, 0.25) is 0 Å². The topological polar surface area (TPSA) is 67.8 Å². The number of amides is 1. The summed E-state index contributed by atoms with van der Waals surface area (Å²) in [5, 5.41) is 12.9. The Balaban J connectivity index is 2.50. The lowest BCUT2D eigenvalue weighted by atomic mass is 10.1. The standard InChI is InChI=1S/C17H18BrNO4S/c1-9-7-10(18)15(20)11(8-9)19-17(21)14-12(22-2)5-6-13(24-4)16(14)23-3/h5-8,20H,1-4H3,(H,19,21). The Morgan fingerprint density at radius 1 is 1.25 bits per heavy atom. The van der Waals surface area contributed by atoms with E-state index in [0.717, 1.165) is 10.5 Å². The first-order valence-electron chi connectivity index (χ1n) is 7.02. The van der Waals surface area contributed by atoms with Crippen LogP contribution in [-0.4, -0.2) is 31.5 Å². The average Bonchev–Trinajstić information content (AvgIpc) is 2.57. The zero-order chi connectivity index (χ0) is 17.9. The molecule has 2 rings (SSSR count). The SMILES string of the molecule is COc1ccc(SC)c(OC)c1C(=O)Nc1cc(C)cc(Br)c1O. The maximum Gasteiger partial charge on any atom is 0.263 e. The lowest BCUT2D eigenvalue weighted by Crippen LogP contribution is -2.15. The van der Waals surface area contributed by atoms with Crippen LogP contribution >= 0.6 is 27.7 Å². The molecule has 1 amide bonds. The Morgan fingerprint density at radius 3 is 2.54 bits per heavy atom. The van der Waals surface area contributed by atoms with Gasteiger partial charge in [-0.1, -0.05) is 0 Å². The van der Waals surface area contributed by atoms with E-state index in [-0.39, 0.29) is 11.3 Å². The summed E-state index contributed by atoms with van der Waals surface area (Å²) in [6, 6.07) is 7.00. The molecule has 7 heteroatoms. The molecule has 0 spiro atoms. The highest BCUT2D eigenvalue weighted by Crippen LogP contribution is 2.39. The molecule has 2 aromatic rings. The Morgan fingerprint density at radius 2 is 1.96 bits per heavy atom. The zero-order valence-electron chi connectivity index (χ0n) is 13.8. The second kappa shape index (κ2) is 7.81. The Kier molecular flexibility index (Phi) is 6.01. The van der Waals surface area contributed by atoms with Crippen LogP contribution in [0.3, 0.4) is 0 Å². The number of hydrogen-bond donors (Lipinski definition) is 2. The molecule has 2 N–H and O–H groups in total. The fourth-order valence-corrected chi connectivity index (χ4v) is 3.46. The maximum absolute atomic E-state index is 12.8. The quantitative estimate of drug-likeness (QED) is 0.561. The maximum atomic E-state index is 12.8. The molecule has 0 radical (unpaired) electrons. The van der Waals surface area contributed by atoms with Gasteiger partial charge in [-0.25, -0.2) is 0 Å². The predicted octanol–water partition coefficient (Wildman–Crippen LogP) is 4.45. The fourth-order valence-electron chi connectivity index (χ4n) is 2.31. The molecule has 0 aliphatic rings. The van der Waals surface area contributed by atoms with E-state index in [0.29, 0.717) is 21.7 Å². The van der Waals surface area contributed by atoms with Crippen molar-refractivity contribution in [2.24, 2.45) is 0 Å². The van der Waals surface area contributed by atoms with Crippen molar-refractivity contribution in [3.8, 4) is 17.2 Å². The first kappa shape index (κ1) is 18.5. The van der Waals surface area contributed by atoms with E-state index in [1.54, 1.807) is 18.2 Å². The number of anilines is 1. The number of carbonyl (C=O) groups excluding carboxylic acids is 1. The third kappa shape index (κ3) is 3.62. The van der Waals surface area contributed by atoms with Gasteiger partial charge in [-0.3, -0.25) is 4.79 Å². The highest BCUT2D eigenvalue weighted by molar-refractivity contribution is 9.10. The number of nitrogens with one attached hydrogen (secondary N) is 1. The van der Waals surface area contributed by atoms with Crippen LogP contribution in [0.15, 0.2) is 33.6 Å². The molecule has 0 heterocycles. The summed E-state index contributed by atoms with van der Waals surface area (Å²) in [6.07, 6.45) is 1.90. The van der Waals surface area contributed by atoms with Gasteiger partial charge in [0, 0.05) is 0 Å². The van der Waals surface area contributed by atoms with Crippen molar-refractivity contribution in [3.63, 3.8) is 0 Å². The highest BCUT2D eigenvalue weighted by atomic mass is 79.9. The van der Waals surface area contributed by atoms with Crippen LogP contribution in [-0.2, 0) is 0 Å². The summed E-state index contributed by atoms with van der Waals surface area (Å²) in [6.45, 7) is 1.87. The van der Waals surface area contributed by atoms with E-state index < -0.39 is 5.91 Å². The number of ether oxygens (including phenoxy) is 2. The molecule has 0 aliphatic carbocycles. The van der Waals surface area contributed by atoms with Crippen molar-refractivity contribution in [1.82, 2.24) is 0 Å². The third-order valence-electron chi connectivity index (χ3n) is 3.41. The Labute approximate surface area is 153 Å². The summed E-state index contributed by atoms with van der Waals surface area (Å²) in [5.41, 5.74) is 1.49. The summed E-state index contributed by atoms with van der Waals surface area (Å²) in [7, 11) is 3.00. The summed E-state index contributed by atoms with van der Waals surface area (Å²) >= 11 is 4.74. The van der Waals surface area contributed by atoms with E-state index in [1.165, 1.54) is 26.0 Å². The average molecular weight is 412 g/mol. The minimum absolute atomic E-state index is 0.0343. The molecule has 24 heavy (non-hydrogen) atoms. The largest absolute Gasteiger partial charge is 0.505 e. The molecule has 0 fully saturated rings. The summed E-state index contributed by atoms with van der Waals surface area (Å²) in [4.78, 5) is 13.6. The number of rotatable bonds is 5. The third-order valence-corrected chi connectivity index (χ3v) is 4.78. The number of aromatic hydroxyl groups is 1. The van der Waals surface area contributed by atoms with Crippen LogP contribution in [0.5, 0.6) is 17.2 Å². The van der Waals surface area contributed by atoms with Crippen molar-refractivity contribution in [3.05, 3.63) is 39.9 Å². The summed E-state index contributed by atoms with van der Waals surface area (Å²) in [5.74, 6) is 0.374. The van der Waals surface area contributed by atoms with Crippen LogP contribution in [0.4, 0.5) is 5.69 Å². The van der Waals surface area contributed by atoms with Crippen LogP contribution in [0.1, 0.15) is 15.9 Å². The van der Waals surface area contributed by atoms with Crippen molar-refractivity contribution in [2.45, 2.75) is 11.8 Å². The van der Waals surface area contributed by atoms with Gasteiger partial charge in [-0.2, -0.15) is 0 Å². The number of benzene rings is 2. The first-order chi connectivity index (χ1) is 11.4. The van der Waals surface area contributed by atoms with Crippen molar-refractivity contribution < 1.29 is 19.4 Å². The van der Waals surface area contributed by atoms with Gasteiger partial charge < -0.3 is 19.9 Å². The molecule has 0 aliphatic heterocycles. The molecule has 0 saturated heterocycles. The van der Waals surface area contributed by atoms with E-state index in [1.807, 2.05) is 19.2 Å². The molecular formula is C17H18BrNO4S.